The summed E-state index contributed by atoms with van der Waals surface area (Å²) >= 11 is 0. The van der Waals surface area contributed by atoms with Crippen LogP contribution in [0.15, 0.2) is 24.3 Å². The molecule has 3 aromatic rings. The fourth-order valence-corrected chi connectivity index (χ4v) is 4.97. The molecular formula is C28H24O17. The Morgan fingerprint density at radius 2 is 1.24 bits per heavy atom. The Morgan fingerprint density at radius 1 is 0.733 bits per heavy atom. The zero-order chi connectivity index (χ0) is 33.1. The summed E-state index contributed by atoms with van der Waals surface area (Å²) in [6, 6.07) is 2.98. The van der Waals surface area contributed by atoms with Crippen molar-refractivity contribution in [1.29, 1.82) is 0 Å². The highest BCUT2D eigenvalue weighted by Crippen LogP contribution is 2.53. The van der Waals surface area contributed by atoms with Gasteiger partial charge in [0.25, 0.3) is 0 Å². The zero-order valence-electron chi connectivity index (χ0n) is 22.7. The Hall–Kier alpha value is -5.65. The smallest absolute Gasteiger partial charge is 0.339 e. The molecule has 2 heterocycles. The molecular weight excluding hydrogens is 608 g/mol. The molecule has 0 aliphatic carbocycles. The average molecular weight is 632 g/mol. The minimum absolute atomic E-state index is 0.352. The summed E-state index contributed by atoms with van der Waals surface area (Å²) in [7, 11) is 0. The maximum absolute atomic E-state index is 13.4. The molecule has 0 amide bonds. The Balaban J connectivity index is 1.59. The van der Waals surface area contributed by atoms with E-state index >= 15 is 0 Å². The summed E-state index contributed by atoms with van der Waals surface area (Å²) in [6.07, 6.45) is -9.47. The molecule has 238 valence electrons. The highest BCUT2D eigenvalue weighted by molar-refractivity contribution is 6.08. The van der Waals surface area contributed by atoms with Crippen molar-refractivity contribution in [3.8, 4) is 62.9 Å². The fourth-order valence-electron chi connectivity index (χ4n) is 4.97. The number of fused-ring (bicyclic) bond motifs is 4. The Bertz CT molecular complexity index is 1720. The van der Waals surface area contributed by atoms with Crippen molar-refractivity contribution < 1.29 is 84.4 Å². The lowest BCUT2D eigenvalue weighted by Crippen LogP contribution is -2.61. The van der Waals surface area contributed by atoms with Crippen LogP contribution in [0.25, 0.3) is 11.1 Å². The van der Waals surface area contributed by atoms with E-state index in [0.717, 1.165) is 19.1 Å². The molecule has 0 spiro atoms. The minimum atomic E-state index is -2.07. The Labute approximate surface area is 250 Å². The molecule has 17 heteroatoms. The van der Waals surface area contributed by atoms with Gasteiger partial charge in [0.2, 0.25) is 17.8 Å². The largest absolute Gasteiger partial charge is 0.507 e. The molecule has 2 aliphatic rings. The van der Waals surface area contributed by atoms with Crippen LogP contribution in [0.3, 0.4) is 0 Å². The second-order valence-electron chi connectivity index (χ2n) is 10.0. The molecule has 0 aromatic heterocycles. The van der Waals surface area contributed by atoms with E-state index in [0.29, 0.717) is 12.1 Å². The van der Waals surface area contributed by atoms with Crippen LogP contribution in [0.4, 0.5) is 0 Å². The third kappa shape index (κ3) is 5.13. The molecule has 5 rings (SSSR count). The standard InChI is InChI=1S/C28H24O17/c1-7(29)16-11(30)2-8(3-12(16)31)43-28-24(39)23(38)25-15(44-28)6-42-26(40)9-4-13(32)19(34)21(36)17(9)18-10(27(41)45-25)5-14(33)20(35)22(18)37/h2-5,15,23-25,28,30-39H,6H2,1H3. The summed E-state index contributed by atoms with van der Waals surface area (Å²) in [5.41, 5.74) is -3.73. The van der Waals surface area contributed by atoms with Crippen LogP contribution in [0.2, 0.25) is 0 Å². The predicted octanol–water partition coefficient (Wildman–Crippen LogP) is 0.422. The Kier molecular flexibility index (Phi) is 7.61. The number of ketones is 1. The first-order valence-electron chi connectivity index (χ1n) is 12.8. The van der Waals surface area contributed by atoms with E-state index in [4.69, 9.17) is 18.9 Å². The van der Waals surface area contributed by atoms with Crippen molar-refractivity contribution in [3.63, 3.8) is 0 Å². The number of cyclic esters (lactones) is 1. The third-order valence-corrected chi connectivity index (χ3v) is 7.14. The molecule has 5 atom stereocenters. The van der Waals surface area contributed by atoms with Crippen LogP contribution < -0.4 is 4.74 Å². The van der Waals surface area contributed by atoms with Crippen LogP contribution in [0.5, 0.6) is 51.7 Å². The number of hydrogen-bond acceptors (Lipinski definition) is 17. The van der Waals surface area contributed by atoms with Gasteiger partial charge in [-0.1, -0.05) is 0 Å². The van der Waals surface area contributed by atoms with Gasteiger partial charge in [0.15, 0.2) is 34.9 Å². The number of aliphatic hydroxyl groups is 2. The van der Waals surface area contributed by atoms with E-state index in [1.54, 1.807) is 0 Å². The lowest BCUT2D eigenvalue weighted by molar-refractivity contribution is -0.276. The molecule has 0 bridgehead atoms. The van der Waals surface area contributed by atoms with Gasteiger partial charge in [-0.3, -0.25) is 4.79 Å². The van der Waals surface area contributed by atoms with E-state index in [9.17, 15) is 65.4 Å². The van der Waals surface area contributed by atoms with Crippen molar-refractivity contribution in [3.05, 3.63) is 41.0 Å². The third-order valence-electron chi connectivity index (χ3n) is 7.14. The second kappa shape index (κ2) is 11.1. The molecule has 10 N–H and O–H groups in total. The number of aliphatic hydroxyl groups excluding tert-OH is 2. The van der Waals surface area contributed by atoms with Crippen molar-refractivity contribution in [2.75, 3.05) is 6.61 Å². The SMILES string of the molecule is CC(=O)c1c(O)cc(OC2OC3COC(=O)c4cc(O)c(O)c(O)c4-c4c(cc(O)c(O)c4O)C(=O)OC3C(O)C2O)cc1O. The zero-order valence-corrected chi connectivity index (χ0v) is 22.7. The number of phenolic OH excluding ortho intramolecular Hbond substituents is 8. The number of carbonyl (C=O) groups excluding carboxylic acids is 3. The molecule has 1 fully saturated rings. The van der Waals surface area contributed by atoms with E-state index < -0.39 is 129 Å². The maximum Gasteiger partial charge on any atom is 0.339 e. The summed E-state index contributed by atoms with van der Waals surface area (Å²) in [4.78, 5) is 38.3. The quantitative estimate of drug-likeness (QED) is 0.106. The maximum atomic E-state index is 13.4. The van der Waals surface area contributed by atoms with Gasteiger partial charge >= 0.3 is 11.9 Å². The van der Waals surface area contributed by atoms with E-state index in [1.165, 1.54) is 0 Å². The van der Waals surface area contributed by atoms with E-state index in [2.05, 4.69) is 0 Å². The molecule has 0 saturated carbocycles. The predicted molar refractivity (Wildman–Crippen MR) is 142 cm³/mol. The van der Waals surface area contributed by atoms with Gasteiger partial charge in [0, 0.05) is 23.3 Å². The van der Waals surface area contributed by atoms with Gasteiger partial charge in [-0.15, -0.1) is 0 Å². The molecule has 3 aromatic carbocycles. The fraction of sp³-hybridized carbons (Fsp3) is 0.250. The average Bonchev–Trinajstić information content (AvgIpc) is 2.98. The number of benzene rings is 3. The van der Waals surface area contributed by atoms with Crippen LogP contribution >= 0.6 is 0 Å². The summed E-state index contributed by atoms with van der Waals surface area (Å²) in [6.45, 7) is 0.207. The Morgan fingerprint density at radius 3 is 1.76 bits per heavy atom. The van der Waals surface area contributed by atoms with Gasteiger partial charge < -0.3 is 70.0 Å². The summed E-state index contributed by atoms with van der Waals surface area (Å²) < 4.78 is 21.6. The first kappa shape index (κ1) is 30.8. The molecule has 45 heavy (non-hydrogen) atoms. The highest BCUT2D eigenvalue weighted by Gasteiger charge is 2.49. The van der Waals surface area contributed by atoms with Crippen molar-refractivity contribution >= 4 is 17.7 Å². The van der Waals surface area contributed by atoms with Gasteiger partial charge in [0.1, 0.15) is 47.7 Å². The lowest BCUT2D eigenvalue weighted by Gasteiger charge is -2.41. The number of rotatable bonds is 3. The van der Waals surface area contributed by atoms with Crippen LogP contribution in [-0.2, 0) is 14.2 Å². The van der Waals surface area contributed by atoms with Gasteiger partial charge in [-0.05, 0) is 19.1 Å². The van der Waals surface area contributed by atoms with Crippen molar-refractivity contribution in [2.24, 2.45) is 0 Å². The lowest BCUT2D eigenvalue weighted by atomic mass is 9.92. The number of carbonyl (C=O) groups is 3. The summed E-state index contributed by atoms with van der Waals surface area (Å²) in [5.74, 6) is -12.3. The number of Topliss-reactive ketones (excluding diaryl/α,β-unsaturated/α-hetero) is 1. The second-order valence-corrected chi connectivity index (χ2v) is 10.0. The number of esters is 2. The normalized spacial score (nSPS) is 23.0. The first-order chi connectivity index (χ1) is 21.1. The molecule has 17 nitrogen and oxygen atoms in total. The van der Waals surface area contributed by atoms with E-state index in [1.807, 2.05) is 0 Å². The van der Waals surface area contributed by atoms with Gasteiger partial charge in [-0.25, -0.2) is 9.59 Å². The van der Waals surface area contributed by atoms with Gasteiger partial charge in [-0.2, -0.15) is 0 Å². The molecule has 5 unspecified atom stereocenters. The topological polar surface area (TPSA) is 290 Å². The van der Waals surface area contributed by atoms with Crippen LogP contribution in [-0.4, -0.2) is 106 Å². The highest BCUT2D eigenvalue weighted by atomic mass is 16.7. The monoisotopic (exact) mass is 632 g/mol. The van der Waals surface area contributed by atoms with E-state index in [-0.39, 0.29) is 5.75 Å². The van der Waals surface area contributed by atoms with Crippen LogP contribution in [0.1, 0.15) is 38.0 Å². The first-order valence-corrected chi connectivity index (χ1v) is 12.8. The van der Waals surface area contributed by atoms with Gasteiger partial charge in [0.05, 0.1) is 11.1 Å². The number of ether oxygens (including phenoxy) is 4. The van der Waals surface area contributed by atoms with Crippen molar-refractivity contribution in [1.82, 2.24) is 0 Å². The minimum Gasteiger partial charge on any atom is -0.507 e. The number of hydrogen-bond donors (Lipinski definition) is 10. The molecule has 0 radical (unpaired) electrons. The number of phenols is 8. The number of aromatic hydroxyl groups is 8. The van der Waals surface area contributed by atoms with Crippen molar-refractivity contribution in [2.45, 2.75) is 37.6 Å². The molecule has 1 saturated heterocycles. The molecule has 2 aliphatic heterocycles. The summed E-state index contributed by atoms with van der Waals surface area (Å²) in [5, 5.41) is 104. The van der Waals surface area contributed by atoms with Crippen LogP contribution in [0, 0.1) is 0 Å².